The van der Waals surface area contributed by atoms with E-state index in [4.69, 9.17) is 0 Å². The molecule has 1 N–H and O–H groups in total. The molecule has 1 aliphatic heterocycles. The van der Waals surface area contributed by atoms with E-state index in [9.17, 15) is 9.59 Å². The summed E-state index contributed by atoms with van der Waals surface area (Å²) in [4.78, 5) is 32.8. The smallest absolute Gasteiger partial charge is 0.244 e. The zero-order chi connectivity index (χ0) is 18.5. The van der Waals surface area contributed by atoms with Gasteiger partial charge in [-0.3, -0.25) is 9.59 Å². The highest BCUT2D eigenvalue weighted by Gasteiger charge is 2.36. The molecule has 140 valence electrons. The van der Waals surface area contributed by atoms with Gasteiger partial charge in [-0.05, 0) is 24.3 Å². The van der Waals surface area contributed by atoms with Gasteiger partial charge in [0.1, 0.15) is 11.0 Å². The van der Waals surface area contributed by atoms with Crippen LogP contribution in [0.2, 0.25) is 0 Å². The van der Waals surface area contributed by atoms with E-state index in [1.807, 2.05) is 36.7 Å². The normalized spacial score (nSPS) is 17.0. The largest absolute Gasteiger partial charge is 0.349 e. The minimum Gasteiger partial charge on any atom is -0.349 e. The van der Waals surface area contributed by atoms with Gasteiger partial charge in [-0.25, -0.2) is 4.98 Å². The number of rotatable bonds is 7. The molecule has 2 aromatic rings. The molecule has 1 unspecified atom stereocenters. The molecular formula is C18H23N3O2S3. The standard InChI is InChI=1S/C18H23N3O2S3/c1-3-12(4-2)18(23)21-11-24-10-14(21)16(22)19-8-13-9-26-17(20-13)15-6-5-7-25-15/h5-7,9,12,14H,3-4,8,10-11H2,1-2H3,(H,19,22). The second kappa shape index (κ2) is 9.01. The van der Waals surface area contributed by atoms with Crippen molar-refractivity contribution in [2.75, 3.05) is 11.6 Å². The SMILES string of the molecule is CCC(CC)C(=O)N1CSCC1C(=O)NCc1csc(-c2cccs2)n1. The van der Waals surface area contributed by atoms with Crippen molar-refractivity contribution in [3.05, 3.63) is 28.6 Å². The van der Waals surface area contributed by atoms with Crippen LogP contribution in [0.4, 0.5) is 0 Å². The summed E-state index contributed by atoms with van der Waals surface area (Å²) in [5.74, 6) is 1.30. The summed E-state index contributed by atoms with van der Waals surface area (Å²) >= 11 is 4.89. The van der Waals surface area contributed by atoms with Crippen LogP contribution >= 0.6 is 34.4 Å². The summed E-state index contributed by atoms with van der Waals surface area (Å²) in [7, 11) is 0. The number of carbonyl (C=O) groups excluding carboxylic acids is 2. The molecule has 5 nitrogen and oxygen atoms in total. The fourth-order valence-electron chi connectivity index (χ4n) is 2.95. The maximum atomic E-state index is 12.7. The molecule has 1 fully saturated rings. The number of hydrogen-bond acceptors (Lipinski definition) is 6. The second-order valence-corrected chi connectivity index (χ2v) is 8.98. The highest BCUT2D eigenvalue weighted by molar-refractivity contribution is 7.99. The van der Waals surface area contributed by atoms with Gasteiger partial charge in [0.15, 0.2) is 0 Å². The van der Waals surface area contributed by atoms with Crippen molar-refractivity contribution in [3.63, 3.8) is 0 Å². The summed E-state index contributed by atoms with van der Waals surface area (Å²) in [5.41, 5.74) is 0.857. The molecule has 0 aromatic carbocycles. The van der Waals surface area contributed by atoms with E-state index in [1.54, 1.807) is 39.3 Å². The van der Waals surface area contributed by atoms with E-state index in [-0.39, 0.29) is 23.8 Å². The fraction of sp³-hybridized carbons (Fsp3) is 0.500. The van der Waals surface area contributed by atoms with E-state index >= 15 is 0 Å². The first-order chi connectivity index (χ1) is 12.6. The minimum atomic E-state index is -0.372. The Bertz CT molecular complexity index is 741. The summed E-state index contributed by atoms with van der Waals surface area (Å²) < 4.78 is 0. The van der Waals surface area contributed by atoms with Gasteiger partial charge in [-0.2, -0.15) is 0 Å². The van der Waals surface area contributed by atoms with Gasteiger partial charge >= 0.3 is 0 Å². The molecule has 1 saturated heterocycles. The molecule has 2 aromatic heterocycles. The highest BCUT2D eigenvalue weighted by atomic mass is 32.2. The minimum absolute atomic E-state index is 0.0101. The lowest BCUT2D eigenvalue weighted by molar-refractivity contribution is -0.141. The average molecular weight is 410 g/mol. The Hall–Kier alpha value is -1.38. The molecule has 2 amide bonds. The zero-order valence-corrected chi connectivity index (χ0v) is 17.4. The summed E-state index contributed by atoms with van der Waals surface area (Å²) in [6, 6.07) is 3.68. The van der Waals surface area contributed by atoms with Crippen LogP contribution in [-0.4, -0.2) is 39.4 Å². The molecule has 0 spiro atoms. The number of nitrogens with one attached hydrogen (secondary N) is 1. The van der Waals surface area contributed by atoms with Crippen molar-refractivity contribution in [3.8, 4) is 9.88 Å². The Labute approximate surface area is 166 Å². The van der Waals surface area contributed by atoms with Crippen LogP contribution in [0.25, 0.3) is 9.88 Å². The van der Waals surface area contributed by atoms with Crippen molar-refractivity contribution < 1.29 is 9.59 Å². The third-order valence-electron chi connectivity index (χ3n) is 4.53. The van der Waals surface area contributed by atoms with Gasteiger partial charge in [0.25, 0.3) is 0 Å². The summed E-state index contributed by atoms with van der Waals surface area (Å²) in [5, 5.41) is 7.95. The Morgan fingerprint density at radius 1 is 1.35 bits per heavy atom. The lowest BCUT2D eigenvalue weighted by Crippen LogP contribution is -2.48. The van der Waals surface area contributed by atoms with Crippen LogP contribution < -0.4 is 5.32 Å². The van der Waals surface area contributed by atoms with Gasteiger partial charge in [0, 0.05) is 17.1 Å². The van der Waals surface area contributed by atoms with Gasteiger partial charge in [-0.1, -0.05) is 19.9 Å². The van der Waals surface area contributed by atoms with Gasteiger partial charge in [0.05, 0.1) is 23.0 Å². The first kappa shape index (κ1) is 19.4. The third-order valence-corrected chi connectivity index (χ3v) is 7.47. The van der Waals surface area contributed by atoms with E-state index < -0.39 is 0 Å². The number of thiophene rings is 1. The topological polar surface area (TPSA) is 62.3 Å². The third kappa shape index (κ3) is 4.29. The molecule has 1 aliphatic rings. The number of hydrogen-bond donors (Lipinski definition) is 1. The van der Waals surface area contributed by atoms with Crippen LogP contribution in [0, 0.1) is 5.92 Å². The van der Waals surface area contributed by atoms with Gasteiger partial charge in [0.2, 0.25) is 11.8 Å². The maximum Gasteiger partial charge on any atom is 0.244 e. The number of nitrogens with zero attached hydrogens (tertiary/aromatic N) is 2. The van der Waals surface area contributed by atoms with Crippen LogP contribution in [0.15, 0.2) is 22.9 Å². The highest BCUT2D eigenvalue weighted by Crippen LogP contribution is 2.28. The van der Waals surface area contributed by atoms with E-state index in [0.717, 1.165) is 28.4 Å². The lowest BCUT2D eigenvalue weighted by Gasteiger charge is -2.26. The average Bonchev–Trinajstić information content (AvgIpc) is 3.41. The second-order valence-electron chi connectivity index (χ2n) is 6.18. The molecule has 0 saturated carbocycles. The van der Waals surface area contributed by atoms with E-state index in [2.05, 4.69) is 10.3 Å². The number of carbonyl (C=O) groups is 2. The van der Waals surface area contributed by atoms with Crippen LogP contribution in [-0.2, 0) is 16.1 Å². The molecule has 8 heteroatoms. The Morgan fingerprint density at radius 2 is 2.15 bits per heavy atom. The first-order valence-electron chi connectivity index (χ1n) is 8.78. The van der Waals surface area contributed by atoms with Crippen LogP contribution in [0.3, 0.4) is 0 Å². The van der Waals surface area contributed by atoms with E-state index in [0.29, 0.717) is 18.2 Å². The molecule has 0 bridgehead atoms. The van der Waals surface area contributed by atoms with Crippen molar-refractivity contribution in [2.45, 2.75) is 39.3 Å². The molecule has 0 radical (unpaired) electrons. The van der Waals surface area contributed by atoms with E-state index in [1.165, 1.54) is 0 Å². The maximum absolute atomic E-state index is 12.7. The molecule has 1 atom stereocenters. The first-order valence-corrected chi connectivity index (χ1v) is 11.7. The quantitative estimate of drug-likeness (QED) is 0.755. The predicted octanol–water partition coefficient (Wildman–Crippen LogP) is 3.83. The Kier molecular flexibility index (Phi) is 6.72. The van der Waals surface area contributed by atoms with Crippen molar-refractivity contribution in [1.82, 2.24) is 15.2 Å². The molecule has 3 heterocycles. The Balaban J connectivity index is 1.58. The van der Waals surface area contributed by atoms with Crippen LogP contribution in [0.5, 0.6) is 0 Å². The number of amides is 2. The number of thioether (sulfide) groups is 1. The van der Waals surface area contributed by atoms with Gasteiger partial charge in [-0.15, -0.1) is 34.4 Å². The van der Waals surface area contributed by atoms with Crippen molar-refractivity contribution >= 4 is 46.2 Å². The molecular weight excluding hydrogens is 386 g/mol. The van der Waals surface area contributed by atoms with Gasteiger partial charge < -0.3 is 10.2 Å². The number of thiazole rings is 1. The Morgan fingerprint density at radius 3 is 2.85 bits per heavy atom. The lowest BCUT2D eigenvalue weighted by atomic mass is 10.0. The number of aromatic nitrogens is 1. The zero-order valence-electron chi connectivity index (χ0n) is 14.9. The van der Waals surface area contributed by atoms with Crippen LogP contribution in [0.1, 0.15) is 32.4 Å². The molecule has 0 aliphatic carbocycles. The predicted molar refractivity (Wildman–Crippen MR) is 109 cm³/mol. The summed E-state index contributed by atoms with van der Waals surface area (Å²) in [6.45, 7) is 4.45. The van der Waals surface area contributed by atoms with Crippen molar-refractivity contribution in [2.24, 2.45) is 5.92 Å². The fourth-order valence-corrected chi connectivity index (χ4v) is 5.74. The van der Waals surface area contributed by atoms with Crippen molar-refractivity contribution in [1.29, 1.82) is 0 Å². The summed E-state index contributed by atoms with van der Waals surface area (Å²) in [6.07, 6.45) is 1.63. The monoisotopic (exact) mass is 409 g/mol. The molecule has 26 heavy (non-hydrogen) atoms. The molecule has 3 rings (SSSR count).